The first-order valence-electron chi connectivity index (χ1n) is 9.92. The van der Waals surface area contributed by atoms with E-state index in [-0.39, 0.29) is 30.5 Å². The summed E-state index contributed by atoms with van der Waals surface area (Å²) in [5.41, 5.74) is 1.77. The minimum absolute atomic E-state index is 0.128. The number of anilines is 1. The minimum atomic E-state index is -3.68. The molecule has 1 aliphatic heterocycles. The summed E-state index contributed by atoms with van der Waals surface area (Å²) in [6.07, 6.45) is 0.718. The number of benzene rings is 2. The summed E-state index contributed by atoms with van der Waals surface area (Å²) < 4.78 is 45.2. The molecule has 1 saturated heterocycles. The first-order valence-corrected chi connectivity index (χ1v) is 11.5. The molecule has 0 radical (unpaired) electrons. The molecule has 31 heavy (non-hydrogen) atoms. The molecule has 1 N–H and O–H groups in total. The highest BCUT2D eigenvalue weighted by atomic mass is 32.2. The number of halogens is 1. The van der Waals surface area contributed by atoms with Crippen LogP contribution in [0.2, 0.25) is 0 Å². The van der Waals surface area contributed by atoms with E-state index in [9.17, 15) is 22.4 Å². The SMILES string of the molecule is COC(=O)c1ccc(C)c(NC(=O)C2CCN(S(=O)(=O)Cc3ccccc3F)CC2)c1. The van der Waals surface area contributed by atoms with E-state index in [1.54, 1.807) is 24.3 Å². The number of sulfonamides is 1. The molecule has 1 heterocycles. The number of hydrogen-bond acceptors (Lipinski definition) is 5. The van der Waals surface area contributed by atoms with Gasteiger partial charge in [0, 0.05) is 30.3 Å². The number of methoxy groups -OCH3 is 1. The van der Waals surface area contributed by atoms with Crippen LogP contribution in [0, 0.1) is 18.7 Å². The first kappa shape index (κ1) is 22.9. The van der Waals surface area contributed by atoms with Gasteiger partial charge in [0.2, 0.25) is 15.9 Å². The van der Waals surface area contributed by atoms with E-state index in [2.05, 4.69) is 5.32 Å². The van der Waals surface area contributed by atoms with Crippen molar-refractivity contribution in [2.75, 3.05) is 25.5 Å². The summed E-state index contributed by atoms with van der Waals surface area (Å²) in [5, 5.41) is 2.84. The average Bonchev–Trinajstić information content (AvgIpc) is 2.76. The normalized spacial score (nSPS) is 15.5. The van der Waals surface area contributed by atoms with E-state index in [0.29, 0.717) is 24.1 Å². The Bertz CT molecular complexity index is 1080. The van der Waals surface area contributed by atoms with Crippen molar-refractivity contribution in [1.29, 1.82) is 0 Å². The lowest BCUT2D eigenvalue weighted by molar-refractivity contribution is -0.120. The molecule has 9 heteroatoms. The molecule has 2 aromatic carbocycles. The third-order valence-electron chi connectivity index (χ3n) is 5.43. The van der Waals surface area contributed by atoms with E-state index < -0.39 is 27.6 Å². The summed E-state index contributed by atoms with van der Waals surface area (Å²) in [6.45, 7) is 2.20. The molecule has 0 aliphatic carbocycles. The van der Waals surface area contributed by atoms with Gasteiger partial charge in [0.05, 0.1) is 18.4 Å². The molecule has 0 bridgehead atoms. The lowest BCUT2D eigenvalue weighted by atomic mass is 9.97. The third-order valence-corrected chi connectivity index (χ3v) is 7.26. The van der Waals surface area contributed by atoms with Gasteiger partial charge in [0.25, 0.3) is 0 Å². The molecule has 1 amide bonds. The molecular formula is C22H25FN2O5S. The minimum Gasteiger partial charge on any atom is -0.465 e. The van der Waals surface area contributed by atoms with E-state index in [4.69, 9.17) is 4.74 Å². The van der Waals surface area contributed by atoms with Gasteiger partial charge in [-0.25, -0.2) is 21.9 Å². The van der Waals surface area contributed by atoms with Gasteiger partial charge in [-0.15, -0.1) is 0 Å². The van der Waals surface area contributed by atoms with Crippen molar-refractivity contribution in [3.05, 3.63) is 65.0 Å². The number of hydrogen-bond donors (Lipinski definition) is 1. The number of ether oxygens (including phenoxy) is 1. The molecule has 2 aromatic rings. The highest BCUT2D eigenvalue weighted by molar-refractivity contribution is 7.88. The number of aryl methyl sites for hydroxylation is 1. The highest BCUT2D eigenvalue weighted by Crippen LogP contribution is 2.25. The third kappa shape index (κ3) is 5.48. The second-order valence-electron chi connectivity index (χ2n) is 7.53. The van der Waals surface area contributed by atoms with Crippen molar-refractivity contribution in [3.8, 4) is 0 Å². The summed E-state index contributed by atoms with van der Waals surface area (Å²) in [6, 6.07) is 10.7. The van der Waals surface area contributed by atoms with Crippen LogP contribution in [-0.2, 0) is 25.3 Å². The standard InChI is InChI=1S/C22H25FN2O5S/c1-15-7-8-17(22(27)30-2)13-20(15)24-21(26)16-9-11-25(12-10-16)31(28,29)14-18-5-3-4-6-19(18)23/h3-8,13,16H,9-12,14H2,1-2H3,(H,24,26). The zero-order valence-corrected chi connectivity index (χ0v) is 18.2. The molecule has 0 spiro atoms. The lowest BCUT2D eigenvalue weighted by Gasteiger charge is -2.30. The average molecular weight is 449 g/mol. The Morgan fingerprint density at radius 2 is 1.84 bits per heavy atom. The molecule has 0 saturated carbocycles. The zero-order valence-electron chi connectivity index (χ0n) is 17.4. The molecule has 1 aliphatic rings. The van der Waals surface area contributed by atoms with Gasteiger partial charge < -0.3 is 10.1 Å². The van der Waals surface area contributed by atoms with Crippen LogP contribution in [0.4, 0.5) is 10.1 Å². The largest absolute Gasteiger partial charge is 0.465 e. The Kier molecular flexibility index (Phi) is 7.07. The Morgan fingerprint density at radius 3 is 2.48 bits per heavy atom. The van der Waals surface area contributed by atoms with Crippen LogP contribution in [0.1, 0.15) is 34.3 Å². The van der Waals surface area contributed by atoms with E-state index >= 15 is 0 Å². The zero-order chi connectivity index (χ0) is 22.6. The fourth-order valence-corrected chi connectivity index (χ4v) is 5.11. The van der Waals surface area contributed by atoms with E-state index in [1.807, 2.05) is 6.92 Å². The Hall–Kier alpha value is -2.78. The van der Waals surface area contributed by atoms with E-state index in [0.717, 1.165) is 5.56 Å². The molecule has 7 nitrogen and oxygen atoms in total. The molecular weight excluding hydrogens is 423 g/mol. The van der Waals surface area contributed by atoms with Gasteiger partial charge in [-0.1, -0.05) is 24.3 Å². The molecule has 0 unspecified atom stereocenters. The molecule has 166 valence electrons. The summed E-state index contributed by atoms with van der Waals surface area (Å²) >= 11 is 0. The van der Waals surface area contributed by atoms with Crippen LogP contribution in [0.3, 0.4) is 0 Å². The second-order valence-corrected chi connectivity index (χ2v) is 9.50. The number of carbonyl (C=O) groups excluding carboxylic acids is 2. The number of amides is 1. The van der Waals surface area contributed by atoms with E-state index in [1.165, 1.54) is 29.6 Å². The quantitative estimate of drug-likeness (QED) is 0.686. The number of nitrogens with zero attached hydrogens (tertiary/aromatic N) is 1. The first-order chi connectivity index (χ1) is 14.7. The van der Waals surface area contributed by atoms with Crippen LogP contribution >= 0.6 is 0 Å². The van der Waals surface area contributed by atoms with Crippen LogP contribution in [-0.4, -0.2) is 44.8 Å². The van der Waals surface area contributed by atoms with Crippen LogP contribution in [0.25, 0.3) is 0 Å². The maximum atomic E-state index is 13.8. The Labute approximate surface area is 181 Å². The van der Waals surface area contributed by atoms with Crippen molar-refractivity contribution in [3.63, 3.8) is 0 Å². The Balaban J connectivity index is 1.61. The number of rotatable bonds is 6. The Morgan fingerprint density at radius 1 is 1.16 bits per heavy atom. The summed E-state index contributed by atoms with van der Waals surface area (Å²) in [4.78, 5) is 24.4. The van der Waals surface area contributed by atoms with Crippen LogP contribution < -0.4 is 5.32 Å². The number of piperidine rings is 1. The van der Waals surface area contributed by atoms with Crippen molar-refractivity contribution >= 4 is 27.6 Å². The molecule has 3 rings (SSSR count). The second kappa shape index (κ2) is 9.57. The maximum absolute atomic E-state index is 13.8. The van der Waals surface area contributed by atoms with Crippen molar-refractivity contribution in [1.82, 2.24) is 4.31 Å². The van der Waals surface area contributed by atoms with Gasteiger partial charge in [0.1, 0.15) is 5.82 Å². The predicted molar refractivity (Wildman–Crippen MR) is 114 cm³/mol. The maximum Gasteiger partial charge on any atom is 0.337 e. The fraction of sp³-hybridized carbons (Fsp3) is 0.364. The van der Waals surface area contributed by atoms with Crippen molar-refractivity contribution in [2.24, 2.45) is 5.92 Å². The molecule has 1 fully saturated rings. The summed E-state index contributed by atoms with van der Waals surface area (Å²) in [7, 11) is -2.40. The predicted octanol–water partition coefficient (Wildman–Crippen LogP) is 3.10. The lowest BCUT2D eigenvalue weighted by Crippen LogP contribution is -2.42. The number of esters is 1. The highest BCUT2D eigenvalue weighted by Gasteiger charge is 2.31. The number of carbonyl (C=O) groups is 2. The smallest absolute Gasteiger partial charge is 0.337 e. The number of nitrogens with one attached hydrogen (secondary N) is 1. The van der Waals surface area contributed by atoms with Crippen molar-refractivity contribution < 1.29 is 27.1 Å². The molecule has 0 atom stereocenters. The van der Waals surface area contributed by atoms with Crippen LogP contribution in [0.15, 0.2) is 42.5 Å². The van der Waals surface area contributed by atoms with Gasteiger partial charge in [-0.3, -0.25) is 4.79 Å². The van der Waals surface area contributed by atoms with Crippen LogP contribution in [0.5, 0.6) is 0 Å². The monoisotopic (exact) mass is 448 g/mol. The van der Waals surface area contributed by atoms with Gasteiger partial charge in [0.15, 0.2) is 0 Å². The van der Waals surface area contributed by atoms with Gasteiger partial charge in [-0.05, 0) is 43.5 Å². The molecule has 0 aromatic heterocycles. The summed E-state index contributed by atoms with van der Waals surface area (Å²) in [5.74, 6) is -2.04. The topological polar surface area (TPSA) is 92.8 Å². The van der Waals surface area contributed by atoms with Gasteiger partial charge in [-0.2, -0.15) is 0 Å². The fourth-order valence-electron chi connectivity index (χ4n) is 3.54. The van der Waals surface area contributed by atoms with Crippen molar-refractivity contribution in [2.45, 2.75) is 25.5 Å². The van der Waals surface area contributed by atoms with Gasteiger partial charge >= 0.3 is 5.97 Å².